The summed E-state index contributed by atoms with van der Waals surface area (Å²) < 4.78 is 7.55. The van der Waals surface area contributed by atoms with Crippen LogP contribution in [0.3, 0.4) is 0 Å². The van der Waals surface area contributed by atoms with Gasteiger partial charge in [-0.05, 0) is 19.3 Å². The van der Waals surface area contributed by atoms with E-state index >= 15 is 0 Å². The van der Waals surface area contributed by atoms with Crippen molar-refractivity contribution in [3.8, 4) is 5.75 Å². The molecule has 0 spiro atoms. The summed E-state index contributed by atoms with van der Waals surface area (Å²) in [5, 5.41) is 0. The predicted molar refractivity (Wildman–Crippen MR) is 57.2 cm³/mol. The maximum absolute atomic E-state index is 5.56. The molecule has 0 bridgehead atoms. The van der Waals surface area contributed by atoms with Gasteiger partial charge in [0.15, 0.2) is 12.4 Å². The maximum Gasteiger partial charge on any atom is 0.172 e. The lowest BCUT2D eigenvalue weighted by Gasteiger charge is -2.03. The fourth-order valence-corrected chi connectivity index (χ4v) is 1.16. The Morgan fingerprint density at radius 1 is 1.36 bits per heavy atom. The van der Waals surface area contributed by atoms with Crippen molar-refractivity contribution in [2.45, 2.75) is 19.3 Å². The molecular weight excluding hydrogens is 174 g/mol. The molecule has 2 heteroatoms. The van der Waals surface area contributed by atoms with Gasteiger partial charge in [0.25, 0.3) is 0 Å². The van der Waals surface area contributed by atoms with Gasteiger partial charge in [-0.15, -0.1) is 6.58 Å². The van der Waals surface area contributed by atoms with Crippen LogP contribution < -0.4 is 9.30 Å². The fraction of sp³-hybridized carbons (Fsp3) is 0.417. The van der Waals surface area contributed by atoms with Crippen molar-refractivity contribution < 1.29 is 9.30 Å². The van der Waals surface area contributed by atoms with E-state index < -0.39 is 0 Å². The van der Waals surface area contributed by atoms with Crippen LogP contribution in [0.25, 0.3) is 0 Å². The topological polar surface area (TPSA) is 13.1 Å². The van der Waals surface area contributed by atoms with E-state index in [1.807, 2.05) is 42.2 Å². The summed E-state index contributed by atoms with van der Waals surface area (Å²) in [5.41, 5.74) is 0. The van der Waals surface area contributed by atoms with E-state index in [1.54, 1.807) is 0 Å². The van der Waals surface area contributed by atoms with Crippen molar-refractivity contribution in [2.24, 2.45) is 7.05 Å². The SMILES string of the molecule is C=CCCCCOc1cc[n+](C)cc1. The summed E-state index contributed by atoms with van der Waals surface area (Å²) in [4.78, 5) is 0. The molecule has 0 aliphatic carbocycles. The number of ether oxygens (including phenoxy) is 1. The molecule has 1 heterocycles. The standard InChI is InChI=1S/C12H18NO/c1-3-4-5-6-11-14-12-7-9-13(2)10-8-12/h3,7-10H,1,4-6,11H2,2H3/q+1. The summed E-state index contributed by atoms with van der Waals surface area (Å²) in [6, 6.07) is 3.96. The molecule has 14 heavy (non-hydrogen) atoms. The van der Waals surface area contributed by atoms with E-state index in [4.69, 9.17) is 4.74 Å². The Hall–Kier alpha value is -1.31. The van der Waals surface area contributed by atoms with Gasteiger partial charge in [-0.25, -0.2) is 4.57 Å². The molecule has 0 amide bonds. The summed E-state index contributed by atoms with van der Waals surface area (Å²) in [7, 11) is 1.99. The number of aromatic nitrogens is 1. The Morgan fingerprint density at radius 2 is 2.07 bits per heavy atom. The van der Waals surface area contributed by atoms with Crippen LogP contribution in [0.15, 0.2) is 37.2 Å². The number of rotatable bonds is 6. The minimum Gasteiger partial charge on any atom is -0.493 e. The molecule has 1 aromatic heterocycles. The van der Waals surface area contributed by atoms with E-state index in [9.17, 15) is 0 Å². The highest BCUT2D eigenvalue weighted by Gasteiger charge is 1.95. The van der Waals surface area contributed by atoms with Crippen molar-refractivity contribution in [3.63, 3.8) is 0 Å². The van der Waals surface area contributed by atoms with E-state index in [-0.39, 0.29) is 0 Å². The van der Waals surface area contributed by atoms with Crippen LogP contribution in [0, 0.1) is 0 Å². The van der Waals surface area contributed by atoms with Crippen LogP contribution in [0.1, 0.15) is 19.3 Å². The first-order valence-corrected chi connectivity index (χ1v) is 5.02. The van der Waals surface area contributed by atoms with Crippen LogP contribution in [-0.2, 0) is 7.05 Å². The number of allylic oxidation sites excluding steroid dienone is 1. The Labute approximate surface area is 85.8 Å². The van der Waals surface area contributed by atoms with Gasteiger partial charge in [0.2, 0.25) is 0 Å². The second kappa shape index (κ2) is 6.19. The van der Waals surface area contributed by atoms with E-state index in [0.29, 0.717) is 0 Å². The molecular formula is C12H18NO+. The van der Waals surface area contributed by atoms with E-state index in [2.05, 4.69) is 6.58 Å². The highest BCUT2D eigenvalue weighted by Crippen LogP contribution is 2.07. The lowest BCUT2D eigenvalue weighted by atomic mass is 10.2. The molecule has 76 valence electrons. The van der Waals surface area contributed by atoms with Crippen LogP contribution in [0.2, 0.25) is 0 Å². The molecule has 2 nitrogen and oxygen atoms in total. The third-order valence-electron chi connectivity index (χ3n) is 2.02. The highest BCUT2D eigenvalue weighted by atomic mass is 16.5. The Morgan fingerprint density at radius 3 is 2.71 bits per heavy atom. The second-order valence-corrected chi connectivity index (χ2v) is 3.33. The third kappa shape index (κ3) is 4.08. The van der Waals surface area contributed by atoms with Gasteiger partial charge < -0.3 is 4.74 Å². The maximum atomic E-state index is 5.56. The minimum atomic E-state index is 0.793. The molecule has 0 aromatic carbocycles. The van der Waals surface area contributed by atoms with Gasteiger partial charge in [-0.2, -0.15) is 0 Å². The summed E-state index contributed by atoms with van der Waals surface area (Å²) in [5.74, 6) is 0.946. The first-order valence-electron chi connectivity index (χ1n) is 5.02. The van der Waals surface area contributed by atoms with Crippen LogP contribution in [0.4, 0.5) is 0 Å². The number of aryl methyl sites for hydroxylation is 1. The summed E-state index contributed by atoms with van der Waals surface area (Å²) >= 11 is 0. The lowest BCUT2D eigenvalue weighted by molar-refractivity contribution is -0.671. The molecule has 0 radical (unpaired) electrons. The Bertz CT molecular complexity index is 266. The number of unbranched alkanes of at least 4 members (excludes halogenated alkanes) is 2. The van der Waals surface area contributed by atoms with Crippen molar-refractivity contribution in [1.29, 1.82) is 0 Å². The largest absolute Gasteiger partial charge is 0.493 e. The summed E-state index contributed by atoms with van der Waals surface area (Å²) in [6.07, 6.45) is 9.24. The molecule has 1 aromatic rings. The van der Waals surface area contributed by atoms with Gasteiger partial charge in [-0.1, -0.05) is 6.08 Å². The van der Waals surface area contributed by atoms with Gasteiger partial charge in [-0.3, -0.25) is 0 Å². The van der Waals surface area contributed by atoms with Gasteiger partial charge >= 0.3 is 0 Å². The molecule has 0 saturated heterocycles. The van der Waals surface area contributed by atoms with E-state index in [1.165, 1.54) is 0 Å². The van der Waals surface area contributed by atoms with Gasteiger partial charge in [0.05, 0.1) is 6.61 Å². The molecule has 0 N–H and O–H groups in total. The smallest absolute Gasteiger partial charge is 0.172 e. The first-order chi connectivity index (χ1) is 6.83. The zero-order valence-electron chi connectivity index (χ0n) is 8.78. The van der Waals surface area contributed by atoms with Gasteiger partial charge in [0, 0.05) is 12.1 Å². The lowest BCUT2D eigenvalue weighted by Crippen LogP contribution is -2.25. The zero-order valence-corrected chi connectivity index (χ0v) is 8.78. The molecule has 0 fully saturated rings. The number of nitrogens with zero attached hydrogens (tertiary/aromatic N) is 1. The monoisotopic (exact) mass is 192 g/mol. The van der Waals surface area contributed by atoms with E-state index in [0.717, 1.165) is 31.6 Å². The minimum absolute atomic E-state index is 0.793. The Kier molecular flexibility index (Phi) is 4.76. The van der Waals surface area contributed by atoms with Gasteiger partial charge in [0.1, 0.15) is 12.8 Å². The van der Waals surface area contributed by atoms with Crippen molar-refractivity contribution in [2.75, 3.05) is 6.61 Å². The molecule has 1 rings (SSSR count). The molecule has 0 saturated carbocycles. The number of hydrogen-bond donors (Lipinski definition) is 0. The Balaban J connectivity index is 2.18. The second-order valence-electron chi connectivity index (χ2n) is 3.33. The van der Waals surface area contributed by atoms with Crippen LogP contribution in [-0.4, -0.2) is 6.61 Å². The highest BCUT2D eigenvalue weighted by molar-refractivity contribution is 5.14. The quantitative estimate of drug-likeness (QED) is 0.383. The van der Waals surface area contributed by atoms with Crippen LogP contribution in [0.5, 0.6) is 5.75 Å². The first kappa shape index (κ1) is 10.8. The van der Waals surface area contributed by atoms with Crippen LogP contribution >= 0.6 is 0 Å². The zero-order chi connectivity index (χ0) is 10.2. The molecule has 0 atom stereocenters. The number of hydrogen-bond acceptors (Lipinski definition) is 1. The third-order valence-corrected chi connectivity index (χ3v) is 2.02. The summed E-state index contributed by atoms with van der Waals surface area (Å²) in [6.45, 7) is 4.48. The average molecular weight is 192 g/mol. The number of pyridine rings is 1. The van der Waals surface area contributed by atoms with Crippen molar-refractivity contribution in [3.05, 3.63) is 37.2 Å². The molecule has 0 unspecified atom stereocenters. The van der Waals surface area contributed by atoms with Crippen molar-refractivity contribution in [1.82, 2.24) is 0 Å². The molecule has 0 aliphatic rings. The van der Waals surface area contributed by atoms with Crippen molar-refractivity contribution >= 4 is 0 Å². The average Bonchev–Trinajstić information content (AvgIpc) is 2.21. The fourth-order valence-electron chi connectivity index (χ4n) is 1.16. The predicted octanol–water partition coefficient (Wildman–Crippen LogP) is 2.25. The normalized spacial score (nSPS) is 9.79. The molecule has 0 aliphatic heterocycles.